The molecule has 0 saturated carbocycles. The molecule has 0 atom stereocenters. The Morgan fingerprint density at radius 2 is 2.08 bits per heavy atom. The summed E-state index contributed by atoms with van der Waals surface area (Å²) < 4.78 is 0. The Morgan fingerprint density at radius 3 is 2.92 bits per heavy atom. The van der Waals surface area contributed by atoms with Crippen molar-refractivity contribution in [1.29, 1.82) is 0 Å². The summed E-state index contributed by atoms with van der Waals surface area (Å²) in [5.41, 5.74) is 1.15. The van der Waals surface area contributed by atoms with Gasteiger partial charge >= 0.3 is 0 Å². The van der Waals surface area contributed by atoms with E-state index in [1.54, 1.807) is 0 Å². The fourth-order valence-corrected chi connectivity index (χ4v) is 1.28. The van der Waals surface area contributed by atoms with E-state index in [2.05, 4.69) is 35.6 Å². The van der Waals surface area contributed by atoms with Crippen molar-refractivity contribution in [3.63, 3.8) is 0 Å². The van der Waals surface area contributed by atoms with Gasteiger partial charge in [-0.1, -0.05) is 18.2 Å². The van der Waals surface area contributed by atoms with Crippen LogP contribution in [0.4, 0.5) is 5.69 Å². The molecule has 0 bridgehead atoms. The lowest BCUT2D eigenvalue weighted by atomic mass is 10.1. The quantitative estimate of drug-likeness (QED) is 0.669. The maximum absolute atomic E-state index is 3.11. The van der Waals surface area contributed by atoms with Crippen molar-refractivity contribution in [3.8, 4) is 0 Å². The van der Waals surface area contributed by atoms with Gasteiger partial charge in [0.1, 0.15) is 0 Å². The number of anilines is 1. The number of rotatable bonds is 1. The fourth-order valence-electron chi connectivity index (χ4n) is 1.28. The zero-order chi connectivity index (χ0) is 8.39. The van der Waals surface area contributed by atoms with Gasteiger partial charge in [-0.05, 0) is 35.0 Å². The van der Waals surface area contributed by atoms with Crippen LogP contribution in [-0.4, -0.2) is 7.05 Å². The lowest BCUT2D eigenvalue weighted by molar-refractivity contribution is 1.53. The van der Waals surface area contributed by atoms with Crippen molar-refractivity contribution in [2.24, 2.45) is 0 Å². The van der Waals surface area contributed by atoms with E-state index in [0.717, 1.165) is 5.69 Å². The number of hydrogen-bond acceptors (Lipinski definition) is 1. The second-order valence-electron chi connectivity index (χ2n) is 2.74. The Hall–Kier alpha value is -1.50. The van der Waals surface area contributed by atoms with Gasteiger partial charge in [-0.25, -0.2) is 0 Å². The van der Waals surface area contributed by atoms with E-state index in [1.165, 1.54) is 10.8 Å². The topological polar surface area (TPSA) is 12.0 Å². The van der Waals surface area contributed by atoms with Crippen LogP contribution in [0.15, 0.2) is 36.4 Å². The van der Waals surface area contributed by atoms with Crippen LogP contribution >= 0.6 is 0 Å². The lowest BCUT2D eigenvalue weighted by Crippen LogP contribution is -1.86. The van der Waals surface area contributed by atoms with Gasteiger partial charge in [0.05, 0.1) is 0 Å². The predicted molar refractivity (Wildman–Crippen MR) is 52.3 cm³/mol. The maximum atomic E-state index is 3.11. The molecule has 0 aliphatic heterocycles. The van der Waals surface area contributed by atoms with Crippen molar-refractivity contribution in [2.45, 2.75) is 0 Å². The Kier molecular flexibility index (Phi) is 1.71. The molecule has 0 aliphatic rings. The largest absolute Gasteiger partial charge is 0.388 e. The van der Waals surface area contributed by atoms with Crippen LogP contribution in [0.25, 0.3) is 10.8 Å². The summed E-state index contributed by atoms with van der Waals surface area (Å²) in [6.07, 6.45) is 0. The van der Waals surface area contributed by atoms with Gasteiger partial charge in [0.15, 0.2) is 0 Å². The van der Waals surface area contributed by atoms with E-state index in [4.69, 9.17) is 0 Å². The summed E-state index contributed by atoms with van der Waals surface area (Å²) in [4.78, 5) is 0. The molecule has 1 N–H and O–H groups in total. The average Bonchev–Trinajstić information content (AvgIpc) is 2.17. The molecular weight excluding hydrogens is 146 g/mol. The molecule has 0 spiro atoms. The van der Waals surface area contributed by atoms with Crippen molar-refractivity contribution in [2.75, 3.05) is 12.4 Å². The van der Waals surface area contributed by atoms with Crippen LogP contribution in [0.3, 0.4) is 0 Å². The molecule has 0 aromatic heterocycles. The zero-order valence-electron chi connectivity index (χ0n) is 6.96. The second-order valence-corrected chi connectivity index (χ2v) is 2.74. The van der Waals surface area contributed by atoms with Crippen LogP contribution in [0, 0.1) is 6.07 Å². The number of nitrogens with one attached hydrogen (secondary N) is 1. The molecule has 2 aromatic carbocycles. The minimum absolute atomic E-state index is 1.15. The normalized spacial score (nSPS) is 10.1. The lowest BCUT2D eigenvalue weighted by Gasteiger charge is -2.01. The van der Waals surface area contributed by atoms with E-state index < -0.39 is 0 Å². The minimum atomic E-state index is 1.15. The van der Waals surface area contributed by atoms with Gasteiger partial charge in [-0.2, -0.15) is 0 Å². The van der Waals surface area contributed by atoms with Gasteiger partial charge in [0, 0.05) is 12.7 Å². The molecule has 0 aliphatic carbocycles. The van der Waals surface area contributed by atoms with E-state index in [0.29, 0.717) is 0 Å². The number of hydrogen-bond donors (Lipinski definition) is 1. The van der Waals surface area contributed by atoms with Crippen molar-refractivity contribution < 1.29 is 0 Å². The third kappa shape index (κ3) is 1.14. The molecule has 12 heavy (non-hydrogen) atoms. The molecular formula is C11H10N. The third-order valence-corrected chi connectivity index (χ3v) is 1.97. The molecule has 0 fully saturated rings. The van der Waals surface area contributed by atoms with Crippen LogP contribution in [0.5, 0.6) is 0 Å². The van der Waals surface area contributed by atoms with Gasteiger partial charge in [0.25, 0.3) is 0 Å². The van der Waals surface area contributed by atoms with Gasteiger partial charge in [-0.3, -0.25) is 0 Å². The number of benzene rings is 2. The van der Waals surface area contributed by atoms with Gasteiger partial charge in [0.2, 0.25) is 0 Å². The second kappa shape index (κ2) is 2.86. The summed E-state index contributed by atoms with van der Waals surface area (Å²) in [5, 5.41) is 5.59. The van der Waals surface area contributed by atoms with Crippen molar-refractivity contribution in [3.05, 3.63) is 42.5 Å². The highest BCUT2D eigenvalue weighted by atomic mass is 14.8. The molecule has 2 rings (SSSR count). The molecule has 0 amide bonds. The Morgan fingerprint density at radius 1 is 1.17 bits per heavy atom. The zero-order valence-corrected chi connectivity index (χ0v) is 6.96. The first-order valence-corrected chi connectivity index (χ1v) is 3.98. The Bertz CT molecular complexity index is 393. The first kappa shape index (κ1) is 7.17. The summed E-state index contributed by atoms with van der Waals surface area (Å²) in [5.74, 6) is 0. The highest BCUT2D eigenvalue weighted by molar-refractivity contribution is 5.85. The Balaban J connectivity index is 2.67. The molecule has 59 valence electrons. The van der Waals surface area contributed by atoms with Crippen molar-refractivity contribution >= 4 is 16.5 Å². The monoisotopic (exact) mass is 156 g/mol. The third-order valence-electron chi connectivity index (χ3n) is 1.97. The van der Waals surface area contributed by atoms with E-state index >= 15 is 0 Å². The molecule has 0 unspecified atom stereocenters. The molecule has 1 radical (unpaired) electrons. The number of fused-ring (bicyclic) bond motifs is 1. The maximum Gasteiger partial charge on any atom is 0.0343 e. The first-order chi connectivity index (χ1) is 5.90. The molecule has 0 saturated heterocycles. The highest BCUT2D eigenvalue weighted by Gasteiger charge is 1.92. The summed E-state index contributed by atoms with van der Waals surface area (Å²) >= 11 is 0. The van der Waals surface area contributed by atoms with Gasteiger partial charge in [-0.15, -0.1) is 0 Å². The summed E-state index contributed by atoms with van der Waals surface area (Å²) in [6, 6.07) is 15.3. The molecule has 0 heterocycles. The van der Waals surface area contributed by atoms with Crippen molar-refractivity contribution in [1.82, 2.24) is 0 Å². The minimum Gasteiger partial charge on any atom is -0.388 e. The van der Waals surface area contributed by atoms with Crippen LogP contribution in [-0.2, 0) is 0 Å². The molecule has 2 aromatic rings. The molecule has 1 heteroatoms. The predicted octanol–water partition coefficient (Wildman–Crippen LogP) is 2.68. The van der Waals surface area contributed by atoms with E-state index in [9.17, 15) is 0 Å². The first-order valence-electron chi connectivity index (χ1n) is 3.98. The summed E-state index contributed by atoms with van der Waals surface area (Å²) in [6.45, 7) is 0. The summed E-state index contributed by atoms with van der Waals surface area (Å²) in [7, 11) is 1.93. The highest BCUT2D eigenvalue weighted by Crippen LogP contribution is 2.17. The standard InChI is InChI=1S/C11H10N/c1-12-11-7-6-9-4-2-3-5-10(9)8-11/h3-8,12H,1H3. The fraction of sp³-hybridized carbons (Fsp3) is 0.0909. The average molecular weight is 156 g/mol. The van der Waals surface area contributed by atoms with Crippen LogP contribution in [0.2, 0.25) is 0 Å². The van der Waals surface area contributed by atoms with E-state index in [-0.39, 0.29) is 0 Å². The van der Waals surface area contributed by atoms with E-state index in [1.807, 2.05) is 19.2 Å². The SMILES string of the molecule is CNc1ccc2c[c]ccc2c1. The van der Waals surface area contributed by atoms with Crippen LogP contribution in [0.1, 0.15) is 0 Å². The molecule has 1 nitrogen and oxygen atoms in total. The Labute approximate surface area is 72.0 Å². The smallest absolute Gasteiger partial charge is 0.0343 e. The van der Waals surface area contributed by atoms with Gasteiger partial charge < -0.3 is 5.32 Å². The van der Waals surface area contributed by atoms with Crippen LogP contribution < -0.4 is 5.32 Å².